The fourth-order valence-corrected chi connectivity index (χ4v) is 2.65. The van der Waals surface area contributed by atoms with Crippen LogP contribution < -0.4 is 20.9 Å². The summed E-state index contributed by atoms with van der Waals surface area (Å²) in [7, 11) is 1.56. The Bertz CT molecular complexity index is 747. The summed E-state index contributed by atoms with van der Waals surface area (Å²) in [6, 6.07) is 12.7. The lowest BCUT2D eigenvalue weighted by Crippen LogP contribution is -2.42. The van der Waals surface area contributed by atoms with Crippen LogP contribution in [0.5, 0.6) is 5.75 Å². The van der Waals surface area contributed by atoms with Gasteiger partial charge in [-0.1, -0.05) is 23.7 Å². The molecule has 1 aliphatic rings. The minimum absolute atomic E-state index is 0.295. The van der Waals surface area contributed by atoms with Gasteiger partial charge in [-0.3, -0.25) is 15.0 Å². The number of hydrazine groups is 1. The van der Waals surface area contributed by atoms with E-state index in [-0.39, 0.29) is 17.9 Å². The number of hydrogen-bond acceptors (Lipinski definition) is 4. The van der Waals surface area contributed by atoms with Gasteiger partial charge in [-0.15, -0.1) is 0 Å². The second kappa shape index (κ2) is 6.90. The van der Waals surface area contributed by atoms with Crippen LogP contribution in [0, 0.1) is 0 Å². The van der Waals surface area contributed by atoms with Crippen LogP contribution in [0.2, 0.25) is 5.02 Å². The Labute approximate surface area is 144 Å². The summed E-state index contributed by atoms with van der Waals surface area (Å²) in [6.45, 7) is 0. The van der Waals surface area contributed by atoms with Gasteiger partial charge >= 0.3 is 0 Å². The molecule has 1 saturated heterocycles. The van der Waals surface area contributed by atoms with Gasteiger partial charge in [0.15, 0.2) is 0 Å². The standard InChI is InChI=1S/C17H16ClN3O3/c1-24-13-8-4-11(5-9-13)16(22)19-15-14(20-21-17(15)23)10-2-6-12(18)7-3-10/h2-9,14-15,20H,1H3,(H,19,22)(H,21,23)/t14-,15+/m1/s1. The molecule has 3 rings (SSSR count). The van der Waals surface area contributed by atoms with E-state index in [0.29, 0.717) is 16.3 Å². The predicted molar refractivity (Wildman–Crippen MR) is 89.7 cm³/mol. The van der Waals surface area contributed by atoms with Crippen molar-refractivity contribution in [2.75, 3.05) is 7.11 Å². The zero-order chi connectivity index (χ0) is 17.1. The average Bonchev–Trinajstić information content (AvgIpc) is 2.96. The third-order valence-corrected chi connectivity index (χ3v) is 4.09. The van der Waals surface area contributed by atoms with E-state index in [1.807, 2.05) is 12.1 Å². The van der Waals surface area contributed by atoms with Gasteiger partial charge in [0, 0.05) is 10.6 Å². The fourth-order valence-electron chi connectivity index (χ4n) is 2.52. The van der Waals surface area contributed by atoms with Crippen molar-refractivity contribution in [1.82, 2.24) is 16.2 Å². The summed E-state index contributed by atoms with van der Waals surface area (Å²) in [5.41, 5.74) is 6.74. The lowest BCUT2D eigenvalue weighted by atomic mass is 10.0. The minimum atomic E-state index is -0.722. The molecule has 24 heavy (non-hydrogen) atoms. The molecule has 2 aromatic rings. The average molecular weight is 346 g/mol. The number of carbonyl (C=O) groups is 2. The number of nitrogens with one attached hydrogen (secondary N) is 3. The lowest BCUT2D eigenvalue weighted by Gasteiger charge is -2.18. The van der Waals surface area contributed by atoms with Gasteiger partial charge in [0.2, 0.25) is 0 Å². The third-order valence-electron chi connectivity index (χ3n) is 3.83. The van der Waals surface area contributed by atoms with Crippen LogP contribution in [0.1, 0.15) is 22.0 Å². The largest absolute Gasteiger partial charge is 0.497 e. The molecule has 1 fully saturated rings. The van der Waals surface area contributed by atoms with Crippen molar-refractivity contribution >= 4 is 23.4 Å². The molecule has 2 amide bonds. The van der Waals surface area contributed by atoms with Gasteiger partial charge in [-0.25, -0.2) is 5.43 Å². The first kappa shape index (κ1) is 16.3. The number of hydrogen-bond donors (Lipinski definition) is 3. The number of ether oxygens (including phenoxy) is 1. The van der Waals surface area contributed by atoms with E-state index in [4.69, 9.17) is 16.3 Å². The maximum Gasteiger partial charge on any atom is 0.258 e. The molecule has 0 spiro atoms. The van der Waals surface area contributed by atoms with Crippen molar-refractivity contribution in [3.05, 3.63) is 64.7 Å². The lowest BCUT2D eigenvalue weighted by molar-refractivity contribution is -0.121. The fraction of sp³-hybridized carbons (Fsp3) is 0.176. The molecule has 3 N–H and O–H groups in total. The molecule has 124 valence electrons. The van der Waals surface area contributed by atoms with Crippen molar-refractivity contribution < 1.29 is 14.3 Å². The van der Waals surface area contributed by atoms with E-state index < -0.39 is 6.04 Å². The Kier molecular flexibility index (Phi) is 4.69. The smallest absolute Gasteiger partial charge is 0.258 e. The van der Waals surface area contributed by atoms with Crippen LogP contribution in [0.4, 0.5) is 0 Å². The summed E-state index contributed by atoms with van der Waals surface area (Å²) in [5, 5.41) is 3.36. The van der Waals surface area contributed by atoms with E-state index in [9.17, 15) is 9.59 Å². The maximum absolute atomic E-state index is 12.4. The van der Waals surface area contributed by atoms with E-state index in [1.54, 1.807) is 43.5 Å². The predicted octanol–water partition coefficient (Wildman–Crippen LogP) is 1.82. The molecule has 2 atom stereocenters. The summed E-state index contributed by atoms with van der Waals surface area (Å²) in [6.07, 6.45) is 0. The van der Waals surface area contributed by atoms with Crippen LogP contribution in [-0.4, -0.2) is 25.0 Å². The second-order valence-corrected chi connectivity index (χ2v) is 5.78. The first-order chi connectivity index (χ1) is 11.6. The number of methoxy groups -OCH3 is 1. The van der Waals surface area contributed by atoms with E-state index in [2.05, 4.69) is 16.2 Å². The highest BCUT2D eigenvalue weighted by Gasteiger charge is 2.36. The van der Waals surface area contributed by atoms with Crippen molar-refractivity contribution in [1.29, 1.82) is 0 Å². The molecule has 0 aromatic heterocycles. The quantitative estimate of drug-likeness (QED) is 0.789. The molecular weight excluding hydrogens is 330 g/mol. The molecule has 0 bridgehead atoms. The zero-order valence-corrected chi connectivity index (χ0v) is 13.6. The first-order valence-electron chi connectivity index (χ1n) is 7.34. The maximum atomic E-state index is 12.4. The second-order valence-electron chi connectivity index (χ2n) is 5.34. The molecule has 0 radical (unpaired) electrons. The van der Waals surface area contributed by atoms with Crippen molar-refractivity contribution in [3.8, 4) is 5.75 Å². The van der Waals surface area contributed by atoms with Crippen LogP contribution in [0.25, 0.3) is 0 Å². The first-order valence-corrected chi connectivity index (χ1v) is 7.72. The Balaban J connectivity index is 1.76. The molecule has 0 unspecified atom stereocenters. The van der Waals surface area contributed by atoms with E-state index >= 15 is 0 Å². The normalized spacial score (nSPS) is 19.7. The van der Waals surface area contributed by atoms with Gasteiger partial charge < -0.3 is 10.1 Å². The number of amides is 2. The SMILES string of the molecule is COc1ccc(C(=O)N[C@@H]2C(=O)NN[C@@H]2c2ccc(Cl)cc2)cc1. The van der Waals surface area contributed by atoms with Crippen molar-refractivity contribution in [2.45, 2.75) is 12.1 Å². The van der Waals surface area contributed by atoms with E-state index in [0.717, 1.165) is 5.56 Å². The molecule has 1 heterocycles. The number of halogens is 1. The molecular formula is C17H16ClN3O3. The summed E-state index contributed by atoms with van der Waals surface area (Å²) in [5.74, 6) is 0.0307. The Morgan fingerprint density at radius 2 is 1.79 bits per heavy atom. The van der Waals surface area contributed by atoms with Crippen LogP contribution in [0.15, 0.2) is 48.5 Å². The van der Waals surface area contributed by atoms with Crippen LogP contribution in [0.3, 0.4) is 0 Å². The zero-order valence-electron chi connectivity index (χ0n) is 12.9. The molecule has 0 aliphatic carbocycles. The van der Waals surface area contributed by atoms with E-state index in [1.165, 1.54) is 0 Å². The highest BCUT2D eigenvalue weighted by Crippen LogP contribution is 2.22. The highest BCUT2D eigenvalue weighted by molar-refractivity contribution is 6.30. The molecule has 7 heteroatoms. The molecule has 2 aromatic carbocycles. The van der Waals surface area contributed by atoms with Crippen LogP contribution in [-0.2, 0) is 4.79 Å². The van der Waals surface area contributed by atoms with Crippen LogP contribution >= 0.6 is 11.6 Å². The molecule has 1 aliphatic heterocycles. The van der Waals surface area contributed by atoms with Gasteiger partial charge in [0.05, 0.1) is 13.2 Å². The Hall–Kier alpha value is -2.57. The highest BCUT2D eigenvalue weighted by atomic mass is 35.5. The monoisotopic (exact) mass is 345 g/mol. The third kappa shape index (κ3) is 3.34. The van der Waals surface area contributed by atoms with Gasteiger partial charge in [-0.2, -0.15) is 0 Å². The van der Waals surface area contributed by atoms with Gasteiger partial charge in [-0.05, 0) is 42.0 Å². The molecule has 6 nitrogen and oxygen atoms in total. The van der Waals surface area contributed by atoms with Gasteiger partial charge in [0.1, 0.15) is 11.8 Å². The van der Waals surface area contributed by atoms with Crippen molar-refractivity contribution in [2.24, 2.45) is 0 Å². The summed E-state index contributed by atoms with van der Waals surface area (Å²) < 4.78 is 5.07. The Morgan fingerprint density at radius 1 is 1.12 bits per heavy atom. The number of rotatable bonds is 4. The van der Waals surface area contributed by atoms with Gasteiger partial charge in [0.25, 0.3) is 11.8 Å². The summed E-state index contributed by atoms with van der Waals surface area (Å²) in [4.78, 5) is 24.5. The minimum Gasteiger partial charge on any atom is -0.497 e. The number of carbonyl (C=O) groups excluding carboxylic acids is 2. The number of benzene rings is 2. The van der Waals surface area contributed by atoms with Crippen molar-refractivity contribution in [3.63, 3.8) is 0 Å². The summed E-state index contributed by atoms with van der Waals surface area (Å²) >= 11 is 5.89. The Morgan fingerprint density at radius 3 is 2.42 bits per heavy atom. The topological polar surface area (TPSA) is 79.5 Å². The molecule has 0 saturated carbocycles.